The Morgan fingerprint density at radius 2 is 1.63 bits per heavy atom. The van der Waals surface area contributed by atoms with Crippen molar-refractivity contribution in [1.29, 1.82) is 0 Å². The number of aryl methyl sites for hydroxylation is 1. The fourth-order valence-electron chi connectivity index (χ4n) is 5.12. The van der Waals surface area contributed by atoms with Gasteiger partial charge in [-0.15, -0.1) is 11.3 Å². The maximum atomic E-state index is 13.3. The second-order valence-electron chi connectivity index (χ2n) is 10.5. The molecule has 0 spiro atoms. The van der Waals surface area contributed by atoms with Crippen LogP contribution in [0.4, 0.5) is 11.4 Å². The summed E-state index contributed by atoms with van der Waals surface area (Å²) in [5.74, 6) is -0.0747. The van der Waals surface area contributed by atoms with Crippen LogP contribution >= 0.6 is 11.3 Å². The first-order valence-electron chi connectivity index (χ1n) is 13.5. The summed E-state index contributed by atoms with van der Waals surface area (Å²) in [6.45, 7) is 5.46. The monoisotopic (exact) mass is 600 g/mol. The molecule has 10 heteroatoms. The fourth-order valence-corrected chi connectivity index (χ4v) is 5.88. The molecule has 0 fully saturated rings. The van der Waals surface area contributed by atoms with Crippen molar-refractivity contribution >= 4 is 40.6 Å². The predicted octanol–water partition coefficient (Wildman–Crippen LogP) is 6.48. The lowest BCUT2D eigenvalue weighted by Crippen LogP contribution is -2.52. The highest BCUT2D eigenvalue weighted by Crippen LogP contribution is 2.45. The zero-order chi connectivity index (χ0) is 30.9. The number of rotatable bonds is 8. The molecule has 5 rings (SSSR count). The van der Waals surface area contributed by atoms with Crippen LogP contribution in [0.1, 0.15) is 44.3 Å². The highest BCUT2D eigenvalue weighted by atomic mass is 32.1. The van der Waals surface area contributed by atoms with E-state index in [2.05, 4.69) is 5.32 Å². The number of para-hydroxylation sites is 1. The van der Waals surface area contributed by atoms with Crippen LogP contribution in [0.3, 0.4) is 0 Å². The van der Waals surface area contributed by atoms with E-state index >= 15 is 0 Å². The molecule has 0 saturated carbocycles. The van der Waals surface area contributed by atoms with E-state index in [1.165, 1.54) is 25.6 Å². The molecule has 1 aliphatic rings. The first kappa shape index (κ1) is 29.7. The van der Waals surface area contributed by atoms with Crippen LogP contribution in [0, 0.1) is 6.92 Å². The molecule has 43 heavy (non-hydrogen) atoms. The zero-order valence-corrected chi connectivity index (χ0v) is 25.6. The van der Waals surface area contributed by atoms with Gasteiger partial charge in [0, 0.05) is 29.1 Å². The number of fused-ring (bicyclic) bond motifs is 1. The number of nitrogens with one attached hydrogen (secondary N) is 1. The number of ether oxygens (including phenoxy) is 4. The molecule has 4 aromatic rings. The smallest absolute Gasteiger partial charge is 0.348 e. The minimum absolute atomic E-state index is 0.0955. The summed E-state index contributed by atoms with van der Waals surface area (Å²) in [6.07, 6.45) is 0. The average Bonchev–Trinajstić information content (AvgIpc) is 3.44. The zero-order valence-electron chi connectivity index (χ0n) is 24.8. The van der Waals surface area contributed by atoms with Crippen LogP contribution < -0.4 is 24.4 Å². The number of benzene rings is 3. The number of anilines is 2. The summed E-state index contributed by atoms with van der Waals surface area (Å²) in [7, 11) is 4.71. The van der Waals surface area contributed by atoms with E-state index < -0.39 is 17.5 Å². The Labute approximate surface area is 254 Å². The van der Waals surface area contributed by atoms with Crippen LogP contribution in [0.5, 0.6) is 17.2 Å². The van der Waals surface area contributed by atoms with Crippen molar-refractivity contribution in [2.75, 3.05) is 31.5 Å². The molecule has 3 aromatic carbocycles. The molecule has 0 atom stereocenters. The topological polar surface area (TPSA) is 103 Å². The van der Waals surface area contributed by atoms with Crippen molar-refractivity contribution in [3.63, 3.8) is 0 Å². The summed E-state index contributed by atoms with van der Waals surface area (Å²) < 4.78 is 22.5. The molecule has 1 aliphatic heterocycles. The van der Waals surface area contributed by atoms with Crippen molar-refractivity contribution in [2.45, 2.75) is 32.9 Å². The minimum atomic E-state index is -0.823. The molecule has 0 unspecified atom stereocenters. The number of carbonyl (C=O) groups is 3. The second kappa shape index (κ2) is 11.8. The quantitative estimate of drug-likeness (QED) is 0.181. The van der Waals surface area contributed by atoms with Crippen LogP contribution in [-0.4, -0.2) is 44.7 Å². The van der Waals surface area contributed by atoms with Gasteiger partial charge in [0.2, 0.25) is 0 Å². The van der Waals surface area contributed by atoms with E-state index in [9.17, 15) is 14.4 Å². The number of carbonyl (C=O) groups excluding carboxylic acids is 3. The minimum Gasteiger partial charge on any atom is -0.496 e. The number of thiophene rings is 1. The van der Waals surface area contributed by atoms with Gasteiger partial charge in [0.25, 0.3) is 5.91 Å². The molecule has 1 aromatic heterocycles. The average molecular weight is 601 g/mol. The van der Waals surface area contributed by atoms with Gasteiger partial charge in [0.1, 0.15) is 39.8 Å². The second-order valence-corrected chi connectivity index (χ2v) is 11.8. The predicted molar refractivity (Wildman–Crippen MR) is 166 cm³/mol. The fraction of sp³-hybridized carbons (Fsp3) is 0.242. The molecule has 0 saturated heterocycles. The van der Waals surface area contributed by atoms with Gasteiger partial charge in [-0.2, -0.15) is 0 Å². The molecule has 1 amide bonds. The number of hydrogen-bond donors (Lipinski definition) is 1. The Hall–Kier alpha value is -4.83. The van der Waals surface area contributed by atoms with Crippen LogP contribution in [-0.2, 0) is 16.1 Å². The van der Waals surface area contributed by atoms with Crippen molar-refractivity contribution < 1.29 is 33.3 Å². The first-order chi connectivity index (χ1) is 20.5. The van der Waals surface area contributed by atoms with E-state index in [1.54, 1.807) is 60.5 Å². The van der Waals surface area contributed by atoms with Crippen LogP contribution in [0.15, 0.2) is 66.7 Å². The van der Waals surface area contributed by atoms with Gasteiger partial charge in [0.15, 0.2) is 0 Å². The third-order valence-corrected chi connectivity index (χ3v) is 8.18. The van der Waals surface area contributed by atoms with Gasteiger partial charge in [0.05, 0.1) is 25.6 Å². The third-order valence-electron chi connectivity index (χ3n) is 7.19. The number of amides is 1. The SMILES string of the molecule is COc1ccccc1C(=O)Oc1ccc(-c2ccc3c(c2COC(=O)c2ccc(C)s2)N(C)C(=O)C(C)(C)N3)c(OC)c1. The number of nitrogens with zero attached hydrogens (tertiary/aromatic N) is 1. The van der Waals surface area contributed by atoms with Crippen LogP contribution in [0.2, 0.25) is 0 Å². The largest absolute Gasteiger partial charge is 0.496 e. The Balaban J connectivity index is 1.54. The normalized spacial score (nSPS) is 13.5. The molecule has 1 N–H and O–H groups in total. The van der Waals surface area contributed by atoms with E-state index in [-0.39, 0.29) is 23.8 Å². The van der Waals surface area contributed by atoms with Gasteiger partial charge in [-0.25, -0.2) is 9.59 Å². The summed E-state index contributed by atoms with van der Waals surface area (Å²) >= 11 is 1.35. The molecule has 0 bridgehead atoms. The number of likely N-dealkylation sites (N-methyl/N-ethyl adjacent to an activating group) is 1. The standard InChI is InChI=1S/C33H32N2O7S/c1-19-11-16-28(43-19)31(37)41-18-24-21(14-15-25-29(24)35(4)32(38)33(2,3)34-25)22-13-12-20(17-27(22)40-6)42-30(36)23-9-7-8-10-26(23)39-5/h7-17,34H,18H2,1-6H3. The van der Waals surface area contributed by atoms with Gasteiger partial charge in [-0.3, -0.25) is 4.79 Å². The molecule has 222 valence electrons. The number of hydrogen-bond acceptors (Lipinski definition) is 9. The van der Waals surface area contributed by atoms with E-state index in [1.807, 2.05) is 39.0 Å². The van der Waals surface area contributed by atoms with Gasteiger partial charge in [-0.05, 0) is 68.8 Å². The maximum absolute atomic E-state index is 13.3. The lowest BCUT2D eigenvalue weighted by molar-refractivity contribution is -0.121. The van der Waals surface area contributed by atoms with Crippen LogP contribution in [0.25, 0.3) is 11.1 Å². The van der Waals surface area contributed by atoms with Gasteiger partial charge >= 0.3 is 11.9 Å². The molecular weight excluding hydrogens is 568 g/mol. The van der Waals surface area contributed by atoms with Gasteiger partial charge < -0.3 is 29.2 Å². The third kappa shape index (κ3) is 5.78. The first-order valence-corrected chi connectivity index (χ1v) is 14.3. The highest BCUT2D eigenvalue weighted by Gasteiger charge is 2.39. The molecule has 2 heterocycles. The maximum Gasteiger partial charge on any atom is 0.348 e. The molecule has 9 nitrogen and oxygen atoms in total. The van der Waals surface area contributed by atoms with E-state index in [0.717, 1.165) is 10.6 Å². The summed E-state index contributed by atoms with van der Waals surface area (Å²) in [4.78, 5) is 42.2. The Morgan fingerprint density at radius 3 is 2.33 bits per heavy atom. The van der Waals surface area contributed by atoms with Crippen molar-refractivity contribution in [2.24, 2.45) is 0 Å². The lowest BCUT2D eigenvalue weighted by Gasteiger charge is -2.39. The molecule has 0 aliphatic carbocycles. The van der Waals surface area contributed by atoms with E-state index in [0.29, 0.717) is 38.8 Å². The number of esters is 2. The molecular formula is C33H32N2O7S. The number of methoxy groups -OCH3 is 2. The van der Waals surface area contributed by atoms with Gasteiger partial charge in [-0.1, -0.05) is 18.2 Å². The lowest BCUT2D eigenvalue weighted by atomic mass is 9.91. The van der Waals surface area contributed by atoms with Crippen molar-refractivity contribution in [3.8, 4) is 28.4 Å². The summed E-state index contributed by atoms with van der Waals surface area (Å²) in [5, 5.41) is 3.31. The Kier molecular flexibility index (Phi) is 8.14. The van der Waals surface area contributed by atoms with E-state index in [4.69, 9.17) is 18.9 Å². The van der Waals surface area contributed by atoms with Crippen molar-refractivity contribution in [1.82, 2.24) is 0 Å². The Morgan fingerprint density at radius 1 is 0.907 bits per heavy atom. The Bertz CT molecular complexity index is 1730. The highest BCUT2D eigenvalue weighted by molar-refractivity contribution is 7.13. The summed E-state index contributed by atoms with van der Waals surface area (Å²) in [5.41, 5.74) is 2.77. The molecule has 0 radical (unpaired) electrons. The summed E-state index contributed by atoms with van der Waals surface area (Å²) in [6, 6.07) is 19.2. The van der Waals surface area contributed by atoms with Crippen molar-refractivity contribution in [3.05, 3.63) is 87.6 Å².